The number of benzene rings is 4. The maximum Gasteiger partial charge on any atom is 0.307 e. The molecular formula is C51H50Cl2F4N4O8Si. The number of aromatic nitrogens is 2. The van der Waals surface area contributed by atoms with Gasteiger partial charge in [0.05, 0.1) is 34.0 Å². The number of halogens is 6. The van der Waals surface area contributed by atoms with E-state index in [1.807, 2.05) is 0 Å². The maximum absolute atomic E-state index is 14.6. The summed E-state index contributed by atoms with van der Waals surface area (Å²) in [6.07, 6.45) is 2.35. The molecule has 0 atom stereocenters. The Bertz CT molecular complexity index is 3150. The van der Waals surface area contributed by atoms with E-state index in [1.54, 1.807) is 37.3 Å². The molecule has 8 rings (SSSR count). The van der Waals surface area contributed by atoms with Crippen molar-refractivity contribution in [1.29, 1.82) is 0 Å². The third-order valence-electron chi connectivity index (χ3n) is 13.3. The van der Waals surface area contributed by atoms with Crippen LogP contribution in [0.4, 0.5) is 17.6 Å². The molecule has 368 valence electrons. The Morgan fingerprint density at radius 2 is 1.06 bits per heavy atom. The number of amides is 2. The van der Waals surface area contributed by atoms with E-state index in [9.17, 15) is 52.1 Å². The van der Waals surface area contributed by atoms with Crippen LogP contribution < -0.4 is 4.43 Å². The summed E-state index contributed by atoms with van der Waals surface area (Å²) in [6, 6.07) is 7.24. The highest BCUT2D eigenvalue weighted by molar-refractivity contribution is 6.78. The Hall–Kier alpha value is -6.30. The molecule has 0 bridgehead atoms. The summed E-state index contributed by atoms with van der Waals surface area (Å²) in [7, 11) is 0.682. The molecule has 0 spiro atoms. The lowest BCUT2D eigenvalue weighted by Gasteiger charge is -2.42. The fraction of sp³-hybridized carbons (Fsp3) is 0.333. The van der Waals surface area contributed by atoms with Crippen LogP contribution in [0.25, 0.3) is 21.8 Å². The molecule has 12 nitrogen and oxygen atoms in total. The van der Waals surface area contributed by atoms with E-state index in [0.717, 1.165) is 6.07 Å². The number of aliphatic carboxylic acids is 2. The minimum atomic E-state index is -2.55. The number of carboxylic acids is 2. The second kappa shape index (κ2) is 19.8. The van der Waals surface area contributed by atoms with Gasteiger partial charge in [-0.1, -0.05) is 64.7 Å². The Labute approximate surface area is 411 Å². The van der Waals surface area contributed by atoms with E-state index < -0.39 is 49.4 Å². The zero-order valence-corrected chi connectivity index (χ0v) is 42.0. The van der Waals surface area contributed by atoms with Crippen LogP contribution in [0.1, 0.15) is 107 Å². The second-order valence-corrected chi connectivity index (χ2v) is 25.0. The number of nitrogens with zero attached hydrogens (tertiary/aromatic N) is 4. The van der Waals surface area contributed by atoms with E-state index in [4.69, 9.17) is 32.6 Å². The maximum atomic E-state index is 14.6. The zero-order chi connectivity index (χ0) is 51.4. The molecule has 0 unspecified atom stereocenters. The highest BCUT2D eigenvalue weighted by Gasteiger charge is 2.49. The van der Waals surface area contributed by atoms with E-state index in [2.05, 4.69) is 46.5 Å². The fourth-order valence-corrected chi connectivity index (χ4v) is 15.8. The molecule has 0 aliphatic carbocycles. The molecule has 19 heteroatoms. The topological polar surface area (TPSA) is 170 Å². The summed E-state index contributed by atoms with van der Waals surface area (Å²) in [5, 5.41) is 30.3. The number of phenolic OH excluding ortho intramolecular Hbond substituents is 1. The number of pyridine rings is 2. The first-order valence-electron chi connectivity index (χ1n) is 22.4. The lowest BCUT2D eigenvalue weighted by atomic mass is 9.93. The molecule has 4 aromatic carbocycles. The van der Waals surface area contributed by atoms with Gasteiger partial charge in [0.2, 0.25) is 0 Å². The number of carbonyl (C=O) groups is 4. The summed E-state index contributed by atoms with van der Waals surface area (Å²) in [5.74, 6) is -5.92. The van der Waals surface area contributed by atoms with Gasteiger partial charge in [-0.05, 0) is 85.4 Å². The number of carbonyl (C=O) groups excluding carboxylic acids is 2. The van der Waals surface area contributed by atoms with Crippen LogP contribution in [-0.2, 0) is 48.4 Å². The number of phenols is 1. The number of aromatic hydroxyl groups is 1. The molecule has 6 aromatic rings. The summed E-state index contributed by atoms with van der Waals surface area (Å²) in [5.41, 5.74) is 4.93. The number of hydrogen-bond donors (Lipinski definition) is 3. The zero-order valence-electron chi connectivity index (χ0n) is 39.5. The van der Waals surface area contributed by atoms with Crippen LogP contribution in [-0.4, -0.2) is 81.3 Å². The van der Waals surface area contributed by atoms with Gasteiger partial charge in [-0.25, -0.2) is 17.6 Å². The summed E-state index contributed by atoms with van der Waals surface area (Å²) in [6.45, 7) is 13.3. The van der Waals surface area contributed by atoms with Crippen molar-refractivity contribution in [3.63, 3.8) is 0 Å². The van der Waals surface area contributed by atoms with Gasteiger partial charge in [-0.15, -0.1) is 0 Å². The molecule has 2 aliphatic rings. The Balaban J connectivity index is 0.000000215. The van der Waals surface area contributed by atoms with Crippen molar-refractivity contribution in [3.05, 3.63) is 138 Å². The van der Waals surface area contributed by atoms with Gasteiger partial charge in [0.15, 0.2) is 5.75 Å². The SMILES string of the molecule is CC(C)[Si](Oc1c2c(c(CC(=O)O)c3cc(Cc4cc(Cl)c(F)cc4F)cnc13)CN(C)C2=O)(C(C)C)C(C)C.CN1Cc2c(c(O)c3ncc(Cc4cc(Cl)c(F)cc4F)cc3c2CC(=O)O)C1=O. The third-order valence-corrected chi connectivity index (χ3v) is 19.8. The molecule has 0 radical (unpaired) electrons. The van der Waals surface area contributed by atoms with Crippen molar-refractivity contribution in [1.82, 2.24) is 19.8 Å². The van der Waals surface area contributed by atoms with Crippen LogP contribution in [0.5, 0.6) is 11.5 Å². The van der Waals surface area contributed by atoms with Crippen LogP contribution in [0.2, 0.25) is 26.7 Å². The van der Waals surface area contributed by atoms with Crippen LogP contribution in [0.3, 0.4) is 0 Å². The van der Waals surface area contributed by atoms with E-state index in [-0.39, 0.29) is 99.3 Å². The fourth-order valence-electron chi connectivity index (χ4n) is 10.2. The van der Waals surface area contributed by atoms with Gasteiger partial charge in [-0.3, -0.25) is 29.1 Å². The molecule has 0 saturated heterocycles. The highest BCUT2D eigenvalue weighted by atomic mass is 35.5. The smallest absolute Gasteiger partial charge is 0.307 e. The van der Waals surface area contributed by atoms with Gasteiger partial charge in [0.25, 0.3) is 20.1 Å². The van der Waals surface area contributed by atoms with Gasteiger partial charge in [-0.2, -0.15) is 0 Å². The molecule has 0 saturated carbocycles. The van der Waals surface area contributed by atoms with Crippen molar-refractivity contribution >= 4 is 77.1 Å². The molecule has 0 fully saturated rings. The minimum Gasteiger partial charge on any atom is -0.541 e. The third kappa shape index (κ3) is 9.50. The number of fused-ring (bicyclic) bond motifs is 4. The Kier molecular flexibility index (Phi) is 14.6. The van der Waals surface area contributed by atoms with Gasteiger partial charge < -0.3 is 29.5 Å². The largest absolute Gasteiger partial charge is 0.541 e. The van der Waals surface area contributed by atoms with Gasteiger partial charge >= 0.3 is 11.9 Å². The van der Waals surface area contributed by atoms with Crippen molar-refractivity contribution in [3.8, 4) is 11.5 Å². The molecule has 2 amide bonds. The normalized spacial score (nSPS) is 13.5. The average Bonchev–Trinajstić information content (AvgIpc) is 3.75. The molecule has 2 aliphatic heterocycles. The van der Waals surface area contributed by atoms with Crippen molar-refractivity contribution < 1.29 is 56.5 Å². The molecule has 2 aromatic heterocycles. The minimum absolute atomic E-state index is 0.0258. The highest BCUT2D eigenvalue weighted by Crippen LogP contribution is 2.48. The molecule has 3 N–H and O–H groups in total. The first kappa shape index (κ1) is 51.5. The lowest BCUT2D eigenvalue weighted by molar-refractivity contribution is -0.137. The summed E-state index contributed by atoms with van der Waals surface area (Å²) < 4.78 is 62.9. The van der Waals surface area contributed by atoms with Crippen molar-refractivity contribution in [2.75, 3.05) is 14.1 Å². The molecule has 4 heterocycles. The monoisotopic (exact) mass is 1020 g/mol. The first-order chi connectivity index (χ1) is 32.8. The quantitative estimate of drug-likeness (QED) is 0.0575. The molecular weight excluding hydrogens is 972 g/mol. The lowest BCUT2D eigenvalue weighted by Crippen LogP contribution is -2.51. The predicted octanol–water partition coefficient (Wildman–Crippen LogP) is 11.2. The van der Waals surface area contributed by atoms with Gasteiger partial charge in [0.1, 0.15) is 40.1 Å². The Morgan fingerprint density at radius 3 is 1.49 bits per heavy atom. The number of carboxylic acid groups (broad SMARTS) is 2. The van der Waals surface area contributed by atoms with Crippen LogP contribution in [0.15, 0.2) is 48.8 Å². The van der Waals surface area contributed by atoms with Gasteiger partial charge in [0, 0.05) is 75.3 Å². The number of hydrogen-bond acceptors (Lipinski definition) is 8. The van der Waals surface area contributed by atoms with E-state index >= 15 is 0 Å². The predicted molar refractivity (Wildman–Crippen MR) is 259 cm³/mol. The number of rotatable bonds is 13. The summed E-state index contributed by atoms with van der Waals surface area (Å²) in [4.78, 5) is 61.2. The Morgan fingerprint density at radius 1 is 0.657 bits per heavy atom. The van der Waals surface area contributed by atoms with E-state index in [0.29, 0.717) is 67.0 Å². The summed E-state index contributed by atoms with van der Waals surface area (Å²) >= 11 is 11.7. The van der Waals surface area contributed by atoms with E-state index in [1.165, 1.54) is 23.2 Å². The first-order valence-corrected chi connectivity index (χ1v) is 25.3. The average molecular weight is 1020 g/mol. The second-order valence-electron chi connectivity index (χ2n) is 18.8. The van der Waals surface area contributed by atoms with Crippen molar-refractivity contribution in [2.45, 2.75) is 96.9 Å². The van der Waals surface area contributed by atoms with Crippen LogP contribution in [0, 0.1) is 23.3 Å². The molecule has 70 heavy (non-hydrogen) atoms. The van der Waals surface area contributed by atoms with Crippen molar-refractivity contribution in [2.24, 2.45) is 0 Å². The van der Waals surface area contributed by atoms with Crippen LogP contribution >= 0.6 is 23.2 Å². The standard InChI is InChI=1S/C30H35ClF2N2O4Si.C21H15ClF2N2O4/c1-15(2)40(16(3)4,17(5)6)39-29-27-22(14-35(7)30(27)38)20(11-26(36)37)21-9-18(13-34-28(21)29)8-19-10-23(31)25(33)12-24(19)32;1-26-8-13-11(5-17(27)28)12-3-9(2-10-4-14(22)16(24)6-15(10)23)7-25-19(12)20(29)18(13)21(26)30/h9-10,12-13,15-17H,8,11,14H2,1-7H3,(H,36,37);3-4,6-7,29H,2,5,8H2,1H3,(H,27,28).